The molecule has 0 saturated heterocycles. The molecule has 0 atom stereocenters. The Labute approximate surface area is 116 Å². The topological polar surface area (TPSA) is 17.1 Å². The van der Waals surface area contributed by atoms with E-state index in [1.807, 2.05) is 27.7 Å². The van der Waals surface area contributed by atoms with E-state index in [1.54, 1.807) is 0 Å². The Kier molecular flexibility index (Phi) is 37.9. The first-order valence-corrected chi connectivity index (χ1v) is 7.71. The number of carbonyl (C=O) groups is 1. The quantitative estimate of drug-likeness (QED) is 0.492. The van der Waals surface area contributed by atoms with Crippen LogP contribution in [0.5, 0.6) is 0 Å². The fourth-order valence-corrected chi connectivity index (χ4v) is 1.01. The fourth-order valence-electron chi connectivity index (χ4n) is 0.906. The maximum atomic E-state index is 9.36. The summed E-state index contributed by atoms with van der Waals surface area (Å²) < 4.78 is 0. The maximum absolute atomic E-state index is 9.36. The van der Waals surface area contributed by atoms with E-state index in [9.17, 15) is 4.79 Å². The molecule has 0 aliphatic heterocycles. The van der Waals surface area contributed by atoms with Gasteiger partial charge in [-0.15, -0.1) is 0 Å². The molecule has 0 aromatic rings. The molecule has 1 nitrogen and oxygen atoms in total. The van der Waals surface area contributed by atoms with E-state index in [-0.39, 0.29) is 0 Å². The molecule has 0 unspecified atom stereocenters. The fraction of sp³-hybridized carbons (Fsp3) is 0.933. The van der Waals surface area contributed by atoms with Crippen LogP contribution in [0.4, 0.5) is 0 Å². The molecule has 17 heavy (non-hydrogen) atoms. The summed E-state index contributed by atoms with van der Waals surface area (Å²) in [5.74, 6) is 0.670. The first kappa shape index (κ1) is 25.8. The summed E-state index contributed by atoms with van der Waals surface area (Å²) in [4.78, 5) is 9.36. The molecule has 0 heterocycles. The molecule has 0 aromatic heterocycles. The molecule has 0 aliphatic rings. The molecule has 0 radical (unpaired) electrons. The van der Waals surface area contributed by atoms with Gasteiger partial charge in [-0.2, -0.15) is 12.6 Å². The van der Waals surface area contributed by atoms with Gasteiger partial charge >= 0.3 is 0 Å². The zero-order valence-electron chi connectivity index (χ0n) is 13.5. The van der Waals surface area contributed by atoms with Gasteiger partial charge in [-0.25, -0.2) is 0 Å². The molecule has 0 aromatic carbocycles. The van der Waals surface area contributed by atoms with Crippen LogP contribution in [0, 0.1) is 5.41 Å². The molecule has 0 rings (SSSR count). The minimum atomic E-state index is 0.573. The van der Waals surface area contributed by atoms with Crippen LogP contribution in [-0.2, 0) is 4.79 Å². The second-order valence-electron chi connectivity index (χ2n) is 3.95. The van der Waals surface area contributed by atoms with Gasteiger partial charge in [0.05, 0.1) is 0 Å². The largest absolute Gasteiger partial charge is 0.303 e. The smallest absolute Gasteiger partial charge is 0.120 e. The second kappa shape index (κ2) is 25.0. The number of aldehydes is 1. The number of thiol groups is 1. The van der Waals surface area contributed by atoms with Gasteiger partial charge in [0.15, 0.2) is 0 Å². The summed E-state index contributed by atoms with van der Waals surface area (Å²) in [6.45, 7) is 17.2. The molecule has 0 fully saturated rings. The Hall–Kier alpha value is 0.0200. The normalized spacial score (nSPS) is 8.53. The first-order chi connectivity index (χ1) is 8.04. The van der Waals surface area contributed by atoms with E-state index in [4.69, 9.17) is 0 Å². The van der Waals surface area contributed by atoms with Crippen molar-refractivity contribution in [2.45, 2.75) is 81.1 Å². The minimum Gasteiger partial charge on any atom is -0.303 e. The average molecular weight is 265 g/mol. The monoisotopic (exact) mass is 264 g/mol. The van der Waals surface area contributed by atoms with E-state index in [1.165, 1.54) is 19.3 Å². The Morgan fingerprint density at radius 3 is 1.53 bits per heavy atom. The lowest BCUT2D eigenvalue weighted by Gasteiger charge is -2.20. The molecule has 0 N–H and O–H groups in total. The lowest BCUT2D eigenvalue weighted by atomic mass is 9.86. The Bertz CT molecular complexity index is 111. The van der Waals surface area contributed by atoms with Crippen molar-refractivity contribution in [2.75, 3.05) is 5.75 Å². The van der Waals surface area contributed by atoms with Crippen molar-refractivity contribution in [1.82, 2.24) is 0 Å². The highest BCUT2D eigenvalue weighted by Gasteiger charge is 2.11. The molecule has 2 heteroatoms. The van der Waals surface area contributed by atoms with Crippen molar-refractivity contribution in [2.24, 2.45) is 5.41 Å². The third-order valence-electron chi connectivity index (χ3n) is 2.13. The van der Waals surface area contributed by atoms with Crippen LogP contribution < -0.4 is 0 Å². The van der Waals surface area contributed by atoms with E-state index >= 15 is 0 Å². The SMILES string of the molecule is CC.CC.CCCC(C)(C)CC.O=CCCS. The van der Waals surface area contributed by atoms with Crippen LogP contribution >= 0.6 is 12.6 Å². The molecule has 108 valence electrons. The van der Waals surface area contributed by atoms with Gasteiger partial charge in [0, 0.05) is 6.42 Å². The lowest BCUT2D eigenvalue weighted by Crippen LogP contribution is -2.07. The standard InChI is InChI=1S/C8H18.C3H6OS.2C2H6/c1-5-7-8(3,4)6-2;4-2-1-3-5;2*1-2/h5-7H2,1-4H3;2,5H,1,3H2;2*1-2H3. The Morgan fingerprint density at radius 2 is 1.47 bits per heavy atom. The first-order valence-electron chi connectivity index (χ1n) is 7.08. The molecule has 0 spiro atoms. The van der Waals surface area contributed by atoms with Gasteiger partial charge in [0.25, 0.3) is 0 Å². The molecular formula is C15H36OS. The van der Waals surface area contributed by atoms with Crippen molar-refractivity contribution < 1.29 is 4.79 Å². The Balaban J connectivity index is -0.0000000809. The number of hydrogen-bond acceptors (Lipinski definition) is 2. The molecule has 0 saturated carbocycles. The van der Waals surface area contributed by atoms with Crippen molar-refractivity contribution >= 4 is 18.9 Å². The van der Waals surface area contributed by atoms with Gasteiger partial charge in [-0.1, -0.05) is 68.2 Å². The zero-order chi connectivity index (χ0) is 14.7. The van der Waals surface area contributed by atoms with Crippen LogP contribution in [0.1, 0.15) is 81.1 Å². The third kappa shape index (κ3) is 38.7. The summed E-state index contributed by atoms with van der Waals surface area (Å²) in [5.41, 5.74) is 0.592. The minimum absolute atomic E-state index is 0.573. The highest BCUT2D eigenvalue weighted by atomic mass is 32.1. The zero-order valence-corrected chi connectivity index (χ0v) is 14.4. The van der Waals surface area contributed by atoms with Crippen LogP contribution in [0.15, 0.2) is 0 Å². The average Bonchev–Trinajstić information content (AvgIpc) is 2.36. The molecule has 0 bridgehead atoms. The van der Waals surface area contributed by atoms with Gasteiger partial charge in [-0.05, 0) is 17.6 Å². The van der Waals surface area contributed by atoms with Gasteiger partial charge in [-0.3, -0.25) is 0 Å². The van der Waals surface area contributed by atoms with Gasteiger partial charge < -0.3 is 4.79 Å². The van der Waals surface area contributed by atoms with E-state index < -0.39 is 0 Å². The second-order valence-corrected chi connectivity index (χ2v) is 4.39. The number of rotatable bonds is 5. The van der Waals surface area contributed by atoms with E-state index in [0.29, 0.717) is 17.6 Å². The Morgan fingerprint density at radius 1 is 1.06 bits per heavy atom. The van der Waals surface area contributed by atoms with Crippen LogP contribution in [-0.4, -0.2) is 12.0 Å². The van der Waals surface area contributed by atoms with Crippen LogP contribution in [0.2, 0.25) is 0 Å². The summed E-state index contributed by atoms with van der Waals surface area (Å²) in [7, 11) is 0. The van der Waals surface area contributed by atoms with Crippen molar-refractivity contribution in [3.05, 3.63) is 0 Å². The summed E-state index contributed by atoms with van der Waals surface area (Å²) >= 11 is 3.77. The van der Waals surface area contributed by atoms with Gasteiger partial charge in [0.2, 0.25) is 0 Å². The summed E-state index contributed by atoms with van der Waals surface area (Å²) in [6, 6.07) is 0. The van der Waals surface area contributed by atoms with Crippen LogP contribution in [0.25, 0.3) is 0 Å². The lowest BCUT2D eigenvalue weighted by molar-refractivity contribution is -0.107. The summed E-state index contributed by atoms with van der Waals surface area (Å²) in [6.07, 6.45) is 5.42. The molecule has 0 aliphatic carbocycles. The molecular weight excluding hydrogens is 228 g/mol. The summed E-state index contributed by atoms with van der Waals surface area (Å²) in [5, 5.41) is 0. The number of carbonyl (C=O) groups excluding carboxylic acids is 1. The highest BCUT2D eigenvalue weighted by Crippen LogP contribution is 2.25. The van der Waals surface area contributed by atoms with Gasteiger partial charge in [0.1, 0.15) is 6.29 Å². The van der Waals surface area contributed by atoms with Crippen molar-refractivity contribution in [3.63, 3.8) is 0 Å². The molecule has 0 amide bonds. The predicted molar refractivity (Wildman–Crippen MR) is 86.2 cm³/mol. The van der Waals surface area contributed by atoms with Crippen LogP contribution in [0.3, 0.4) is 0 Å². The maximum Gasteiger partial charge on any atom is 0.120 e. The van der Waals surface area contributed by atoms with Crippen molar-refractivity contribution in [1.29, 1.82) is 0 Å². The van der Waals surface area contributed by atoms with E-state index in [0.717, 1.165) is 6.29 Å². The number of hydrogen-bond donors (Lipinski definition) is 1. The highest BCUT2D eigenvalue weighted by molar-refractivity contribution is 7.80. The van der Waals surface area contributed by atoms with E-state index in [2.05, 4.69) is 40.3 Å². The van der Waals surface area contributed by atoms with Crippen molar-refractivity contribution in [3.8, 4) is 0 Å². The predicted octanol–water partition coefficient (Wildman–Crippen LogP) is 5.78. The third-order valence-corrected chi connectivity index (χ3v) is 2.39.